The van der Waals surface area contributed by atoms with Crippen molar-refractivity contribution in [3.63, 3.8) is 0 Å². The minimum Gasteiger partial charge on any atom is -0.497 e. The number of carbonyl (C=O) groups excluding carboxylic acids is 1. The summed E-state index contributed by atoms with van der Waals surface area (Å²) >= 11 is 1.50. The number of hydrogen-bond donors (Lipinski definition) is 1. The monoisotopic (exact) mass is 514 g/mol. The third kappa shape index (κ3) is 5.26. The van der Waals surface area contributed by atoms with Gasteiger partial charge >= 0.3 is 0 Å². The summed E-state index contributed by atoms with van der Waals surface area (Å²) in [6.45, 7) is 2.47. The van der Waals surface area contributed by atoms with E-state index in [4.69, 9.17) is 24.3 Å². The van der Waals surface area contributed by atoms with Crippen molar-refractivity contribution < 1.29 is 19.0 Å². The van der Waals surface area contributed by atoms with Crippen molar-refractivity contribution in [1.29, 1.82) is 0 Å². The standard InChI is InChI=1S/C28H26N4O4S/c1-18(22-11-10-21(34-2)14-26(22)35-3)31-32-24(17-37-28(32)29-15-19-7-5-4-6-8-19)20-9-12-25-23(13-20)30-27(33)16-36-25/h4-14,17H,15-16H2,1-3H3,(H,30,33). The average molecular weight is 515 g/mol. The zero-order valence-electron chi connectivity index (χ0n) is 20.7. The van der Waals surface area contributed by atoms with Gasteiger partial charge in [-0.25, -0.2) is 4.68 Å². The van der Waals surface area contributed by atoms with E-state index in [9.17, 15) is 4.79 Å². The Kier molecular flexibility index (Phi) is 7.04. The number of amides is 1. The Morgan fingerprint density at radius 2 is 1.92 bits per heavy atom. The molecule has 0 saturated heterocycles. The van der Waals surface area contributed by atoms with Gasteiger partial charge < -0.3 is 19.5 Å². The van der Waals surface area contributed by atoms with Gasteiger partial charge in [0.15, 0.2) is 6.61 Å². The number of methoxy groups -OCH3 is 2. The normalized spacial score (nSPS) is 13.5. The predicted octanol–water partition coefficient (Wildman–Crippen LogP) is 4.94. The summed E-state index contributed by atoms with van der Waals surface area (Å²) in [5.41, 5.74) is 5.04. The van der Waals surface area contributed by atoms with Gasteiger partial charge in [0.2, 0.25) is 4.80 Å². The first kappa shape index (κ1) is 24.3. The van der Waals surface area contributed by atoms with Crippen molar-refractivity contribution in [2.75, 3.05) is 26.1 Å². The molecule has 0 bridgehead atoms. The topological polar surface area (TPSA) is 86.4 Å². The summed E-state index contributed by atoms with van der Waals surface area (Å²) in [5.74, 6) is 1.83. The van der Waals surface area contributed by atoms with E-state index in [0.717, 1.165) is 32.9 Å². The first-order chi connectivity index (χ1) is 18.1. The van der Waals surface area contributed by atoms with Crippen LogP contribution in [0.15, 0.2) is 82.2 Å². The Labute approximate surface area is 218 Å². The highest BCUT2D eigenvalue weighted by Crippen LogP contribution is 2.33. The molecule has 1 aliphatic rings. The van der Waals surface area contributed by atoms with Crippen LogP contribution in [0.25, 0.3) is 11.3 Å². The predicted molar refractivity (Wildman–Crippen MR) is 145 cm³/mol. The number of rotatable bonds is 7. The fourth-order valence-electron chi connectivity index (χ4n) is 3.99. The lowest BCUT2D eigenvalue weighted by Crippen LogP contribution is -2.25. The van der Waals surface area contributed by atoms with Crippen molar-refractivity contribution in [3.05, 3.63) is 88.0 Å². The second-order valence-corrected chi connectivity index (χ2v) is 9.15. The molecule has 2 heterocycles. The zero-order chi connectivity index (χ0) is 25.8. The molecule has 9 heteroatoms. The van der Waals surface area contributed by atoms with Crippen LogP contribution in [-0.2, 0) is 11.3 Å². The van der Waals surface area contributed by atoms with E-state index >= 15 is 0 Å². The number of nitrogens with one attached hydrogen (secondary N) is 1. The van der Waals surface area contributed by atoms with Crippen LogP contribution in [0.4, 0.5) is 5.69 Å². The van der Waals surface area contributed by atoms with Crippen LogP contribution in [0.3, 0.4) is 0 Å². The quantitative estimate of drug-likeness (QED) is 0.354. The maximum Gasteiger partial charge on any atom is 0.262 e. The van der Waals surface area contributed by atoms with Crippen LogP contribution in [0.1, 0.15) is 18.1 Å². The molecule has 0 radical (unpaired) electrons. The fraction of sp³-hybridized carbons (Fsp3) is 0.179. The lowest BCUT2D eigenvalue weighted by atomic mass is 10.1. The highest BCUT2D eigenvalue weighted by atomic mass is 32.1. The molecule has 0 unspecified atom stereocenters. The molecule has 1 aliphatic heterocycles. The minimum atomic E-state index is -0.179. The van der Waals surface area contributed by atoms with Gasteiger partial charge in [-0.05, 0) is 42.8 Å². The molecule has 37 heavy (non-hydrogen) atoms. The smallest absolute Gasteiger partial charge is 0.262 e. The van der Waals surface area contributed by atoms with Crippen molar-refractivity contribution in [3.8, 4) is 28.5 Å². The number of nitrogens with zero attached hydrogens (tertiary/aromatic N) is 3. The Hall–Kier alpha value is -4.37. The minimum absolute atomic E-state index is 0.0144. The molecule has 1 amide bonds. The zero-order valence-corrected chi connectivity index (χ0v) is 21.5. The van der Waals surface area contributed by atoms with Crippen LogP contribution in [0.2, 0.25) is 0 Å². The van der Waals surface area contributed by atoms with E-state index in [-0.39, 0.29) is 12.5 Å². The molecule has 0 spiro atoms. The first-order valence-electron chi connectivity index (χ1n) is 11.7. The number of fused-ring (bicyclic) bond motifs is 1. The van der Waals surface area contributed by atoms with Crippen LogP contribution < -0.4 is 24.3 Å². The maximum absolute atomic E-state index is 11.9. The lowest BCUT2D eigenvalue weighted by Gasteiger charge is -2.18. The van der Waals surface area contributed by atoms with Gasteiger partial charge in [0.1, 0.15) is 17.2 Å². The third-order valence-electron chi connectivity index (χ3n) is 5.88. The molecule has 0 aliphatic carbocycles. The van der Waals surface area contributed by atoms with E-state index in [1.54, 1.807) is 14.2 Å². The summed E-state index contributed by atoms with van der Waals surface area (Å²) in [4.78, 5) is 17.5. The molecule has 5 rings (SSSR count). The Morgan fingerprint density at radius 3 is 2.70 bits per heavy atom. The van der Waals surface area contributed by atoms with Crippen molar-refractivity contribution >= 4 is 28.6 Å². The number of thiazole rings is 1. The second kappa shape index (κ2) is 10.7. The SMILES string of the molecule is COc1ccc(C(C)=Nn2c(-c3ccc4c(c3)NC(=O)CO4)csc2=NCc2ccccc2)c(OC)c1. The highest BCUT2D eigenvalue weighted by Gasteiger charge is 2.18. The number of ether oxygens (including phenoxy) is 3. The number of aromatic nitrogens is 1. The van der Waals surface area contributed by atoms with Crippen LogP contribution in [0.5, 0.6) is 17.2 Å². The largest absolute Gasteiger partial charge is 0.497 e. The fourth-order valence-corrected chi connectivity index (χ4v) is 4.82. The van der Waals surface area contributed by atoms with Crippen LogP contribution in [0, 0.1) is 0 Å². The lowest BCUT2D eigenvalue weighted by molar-refractivity contribution is -0.118. The Balaban J connectivity index is 1.62. The third-order valence-corrected chi connectivity index (χ3v) is 6.74. The highest BCUT2D eigenvalue weighted by molar-refractivity contribution is 7.07. The van der Waals surface area contributed by atoms with E-state index in [1.165, 1.54) is 11.3 Å². The van der Waals surface area contributed by atoms with Gasteiger partial charge in [-0.15, -0.1) is 11.3 Å². The summed E-state index contributed by atoms with van der Waals surface area (Å²) in [6, 6.07) is 21.4. The van der Waals surface area contributed by atoms with Crippen LogP contribution >= 0.6 is 11.3 Å². The van der Waals surface area contributed by atoms with Crippen molar-refractivity contribution in [2.45, 2.75) is 13.5 Å². The van der Waals surface area contributed by atoms with E-state index < -0.39 is 0 Å². The molecule has 8 nitrogen and oxygen atoms in total. The number of benzene rings is 3. The van der Waals surface area contributed by atoms with Gasteiger partial charge in [0, 0.05) is 22.6 Å². The Bertz CT molecular complexity index is 1540. The van der Waals surface area contributed by atoms with Gasteiger partial charge in [-0.1, -0.05) is 30.3 Å². The van der Waals surface area contributed by atoms with E-state index in [0.29, 0.717) is 29.5 Å². The molecule has 0 atom stereocenters. The van der Waals surface area contributed by atoms with E-state index in [1.807, 2.05) is 83.7 Å². The first-order valence-corrected chi connectivity index (χ1v) is 12.5. The molecule has 1 aromatic heterocycles. The van der Waals surface area contributed by atoms with Crippen molar-refractivity contribution in [2.24, 2.45) is 10.1 Å². The van der Waals surface area contributed by atoms with Gasteiger partial charge in [-0.3, -0.25) is 9.79 Å². The molecule has 4 aromatic rings. The van der Waals surface area contributed by atoms with E-state index in [2.05, 4.69) is 5.32 Å². The number of carbonyl (C=O) groups is 1. The molecule has 3 aromatic carbocycles. The summed E-state index contributed by atoms with van der Waals surface area (Å²) in [6.07, 6.45) is 0. The molecular formula is C28H26N4O4S. The summed E-state index contributed by atoms with van der Waals surface area (Å²) in [5, 5.41) is 9.87. The molecule has 188 valence electrons. The molecular weight excluding hydrogens is 488 g/mol. The average Bonchev–Trinajstić information content (AvgIpc) is 3.33. The maximum atomic E-state index is 11.9. The van der Waals surface area contributed by atoms with Gasteiger partial charge in [0.25, 0.3) is 5.91 Å². The van der Waals surface area contributed by atoms with Gasteiger partial charge in [0.05, 0.1) is 37.9 Å². The second-order valence-electron chi connectivity index (χ2n) is 8.32. The van der Waals surface area contributed by atoms with Crippen LogP contribution in [-0.4, -0.2) is 37.1 Å². The Morgan fingerprint density at radius 1 is 1.08 bits per heavy atom. The van der Waals surface area contributed by atoms with Crippen molar-refractivity contribution in [1.82, 2.24) is 4.68 Å². The molecule has 1 N–H and O–H groups in total. The number of anilines is 1. The number of hydrogen-bond acceptors (Lipinski definition) is 7. The summed E-state index contributed by atoms with van der Waals surface area (Å²) in [7, 11) is 3.24. The van der Waals surface area contributed by atoms with Gasteiger partial charge in [-0.2, -0.15) is 5.10 Å². The molecule has 0 fully saturated rings. The summed E-state index contributed by atoms with van der Waals surface area (Å²) < 4.78 is 18.3. The molecule has 0 saturated carbocycles.